The van der Waals surface area contributed by atoms with Crippen LogP contribution < -0.4 is 10.5 Å². The third-order valence-corrected chi connectivity index (χ3v) is 4.39. The molecule has 0 bridgehead atoms. The largest absolute Gasteiger partial charge is 0.321 e. The zero-order valence-electron chi connectivity index (χ0n) is 10.5. The lowest BCUT2D eigenvalue weighted by Crippen LogP contribution is -2.15. The van der Waals surface area contributed by atoms with E-state index in [1.54, 1.807) is 24.3 Å². The fourth-order valence-electron chi connectivity index (χ4n) is 1.57. The highest BCUT2D eigenvalue weighted by Crippen LogP contribution is 2.25. The predicted octanol–water partition coefficient (Wildman–Crippen LogP) is 3.00. The van der Waals surface area contributed by atoms with Crippen molar-refractivity contribution in [2.75, 3.05) is 5.32 Å². The van der Waals surface area contributed by atoms with Gasteiger partial charge in [0.25, 0.3) is 5.91 Å². The number of hydrogen-bond donors (Lipinski definition) is 2. The first kappa shape index (κ1) is 16.0. The first-order valence-corrected chi connectivity index (χ1v) is 8.38. The van der Waals surface area contributed by atoms with E-state index in [1.165, 1.54) is 18.2 Å². The van der Waals surface area contributed by atoms with Crippen molar-refractivity contribution in [1.82, 2.24) is 0 Å². The van der Waals surface area contributed by atoms with E-state index < -0.39 is 15.9 Å². The molecule has 1 amide bonds. The molecule has 21 heavy (non-hydrogen) atoms. The van der Waals surface area contributed by atoms with Gasteiger partial charge in [0.15, 0.2) is 0 Å². The maximum atomic E-state index is 12.1. The number of hydrogen-bond acceptors (Lipinski definition) is 3. The Morgan fingerprint density at radius 3 is 2.33 bits per heavy atom. The number of anilines is 1. The van der Waals surface area contributed by atoms with Gasteiger partial charge < -0.3 is 5.32 Å². The first-order valence-electron chi connectivity index (χ1n) is 5.66. The summed E-state index contributed by atoms with van der Waals surface area (Å²) in [5.74, 6) is -0.407. The number of primary sulfonamides is 1. The molecule has 2 aromatic rings. The van der Waals surface area contributed by atoms with Gasteiger partial charge in [-0.05, 0) is 42.5 Å². The number of carbonyl (C=O) groups is 1. The van der Waals surface area contributed by atoms with Crippen molar-refractivity contribution in [2.24, 2.45) is 5.14 Å². The second-order valence-electron chi connectivity index (χ2n) is 4.15. The van der Waals surface area contributed by atoms with Crippen LogP contribution >= 0.6 is 27.5 Å². The second-order valence-corrected chi connectivity index (χ2v) is 7.03. The third-order valence-electron chi connectivity index (χ3n) is 2.62. The van der Waals surface area contributed by atoms with E-state index in [9.17, 15) is 13.2 Å². The smallest absolute Gasteiger partial charge is 0.255 e. The van der Waals surface area contributed by atoms with E-state index in [-0.39, 0.29) is 15.6 Å². The van der Waals surface area contributed by atoms with Crippen LogP contribution in [0.3, 0.4) is 0 Å². The van der Waals surface area contributed by atoms with E-state index in [1.807, 2.05) is 0 Å². The lowest BCUT2D eigenvalue weighted by atomic mass is 10.2. The molecule has 2 rings (SSSR count). The summed E-state index contributed by atoms with van der Waals surface area (Å²) in [5.41, 5.74) is 0.589. The molecule has 0 aromatic heterocycles. The van der Waals surface area contributed by atoms with Gasteiger partial charge >= 0.3 is 0 Å². The van der Waals surface area contributed by atoms with Crippen LogP contribution in [0.2, 0.25) is 5.02 Å². The Hall–Kier alpha value is -1.41. The Morgan fingerprint density at radius 2 is 1.76 bits per heavy atom. The van der Waals surface area contributed by atoms with Gasteiger partial charge in [-0.2, -0.15) is 0 Å². The van der Waals surface area contributed by atoms with Crippen LogP contribution in [0.5, 0.6) is 0 Å². The molecule has 5 nitrogen and oxygen atoms in total. The fraction of sp³-hybridized carbons (Fsp3) is 0. The average Bonchev–Trinajstić information content (AvgIpc) is 2.40. The van der Waals surface area contributed by atoms with Crippen LogP contribution in [0.25, 0.3) is 0 Å². The molecule has 0 atom stereocenters. The van der Waals surface area contributed by atoms with Crippen molar-refractivity contribution in [3.05, 3.63) is 57.5 Å². The highest BCUT2D eigenvalue weighted by molar-refractivity contribution is 9.10. The minimum atomic E-state index is -3.86. The summed E-state index contributed by atoms with van der Waals surface area (Å²) in [6.07, 6.45) is 0. The lowest BCUT2D eigenvalue weighted by molar-refractivity contribution is 0.102. The van der Waals surface area contributed by atoms with Gasteiger partial charge in [0.05, 0.1) is 15.6 Å². The fourth-order valence-corrected chi connectivity index (χ4v) is 2.54. The van der Waals surface area contributed by atoms with E-state index in [0.717, 1.165) is 4.47 Å². The molecule has 0 fully saturated rings. The van der Waals surface area contributed by atoms with Crippen molar-refractivity contribution in [3.63, 3.8) is 0 Å². The maximum absolute atomic E-state index is 12.1. The monoisotopic (exact) mass is 388 g/mol. The summed E-state index contributed by atoms with van der Waals surface area (Å²) < 4.78 is 23.5. The summed E-state index contributed by atoms with van der Waals surface area (Å²) in [6, 6.07) is 10.5. The van der Waals surface area contributed by atoms with Crippen molar-refractivity contribution in [1.29, 1.82) is 0 Å². The Morgan fingerprint density at radius 1 is 1.14 bits per heavy atom. The van der Waals surface area contributed by atoms with Crippen LogP contribution in [0.4, 0.5) is 5.69 Å². The summed E-state index contributed by atoms with van der Waals surface area (Å²) in [4.78, 5) is 11.9. The number of halogens is 2. The Kier molecular flexibility index (Phi) is 4.67. The first-order chi connectivity index (χ1) is 9.77. The molecule has 0 saturated carbocycles. The molecule has 0 spiro atoms. The number of nitrogens with one attached hydrogen (secondary N) is 1. The van der Waals surface area contributed by atoms with Crippen molar-refractivity contribution in [3.8, 4) is 0 Å². The second kappa shape index (κ2) is 6.15. The molecule has 0 aliphatic rings. The minimum Gasteiger partial charge on any atom is -0.321 e. The molecule has 0 aliphatic carbocycles. The SMILES string of the molecule is NS(=O)(=O)c1ccc(Cl)c(NC(=O)c2ccc(Br)cc2)c1. The summed E-state index contributed by atoms with van der Waals surface area (Å²) in [7, 11) is -3.86. The topological polar surface area (TPSA) is 89.3 Å². The van der Waals surface area contributed by atoms with Crippen molar-refractivity contribution in [2.45, 2.75) is 4.90 Å². The number of nitrogens with two attached hydrogens (primary N) is 1. The molecular weight excluding hydrogens is 380 g/mol. The number of sulfonamides is 1. The van der Waals surface area contributed by atoms with Gasteiger partial charge in [-0.15, -0.1) is 0 Å². The van der Waals surface area contributed by atoms with E-state index in [2.05, 4.69) is 21.2 Å². The minimum absolute atomic E-state index is 0.127. The molecule has 3 N–H and O–H groups in total. The van der Waals surface area contributed by atoms with Crippen LogP contribution in [-0.4, -0.2) is 14.3 Å². The van der Waals surface area contributed by atoms with Gasteiger partial charge in [0.2, 0.25) is 10.0 Å². The molecule has 0 radical (unpaired) electrons. The number of amides is 1. The van der Waals surface area contributed by atoms with Crippen LogP contribution in [0.1, 0.15) is 10.4 Å². The molecule has 8 heteroatoms. The van der Waals surface area contributed by atoms with Gasteiger partial charge in [-0.3, -0.25) is 4.79 Å². The lowest BCUT2D eigenvalue weighted by Gasteiger charge is -2.09. The van der Waals surface area contributed by atoms with E-state index >= 15 is 0 Å². The summed E-state index contributed by atoms with van der Waals surface area (Å²) in [5, 5.41) is 7.81. The van der Waals surface area contributed by atoms with E-state index in [4.69, 9.17) is 16.7 Å². The van der Waals surface area contributed by atoms with Gasteiger partial charge in [0, 0.05) is 10.0 Å². The maximum Gasteiger partial charge on any atom is 0.255 e. The normalized spacial score (nSPS) is 11.2. The highest BCUT2D eigenvalue weighted by atomic mass is 79.9. The van der Waals surface area contributed by atoms with Gasteiger partial charge in [-0.1, -0.05) is 27.5 Å². The predicted molar refractivity (Wildman–Crippen MR) is 84.9 cm³/mol. The molecule has 0 heterocycles. The highest BCUT2D eigenvalue weighted by Gasteiger charge is 2.13. The third kappa shape index (κ3) is 4.04. The zero-order chi connectivity index (χ0) is 15.6. The van der Waals surface area contributed by atoms with Gasteiger partial charge in [0.1, 0.15) is 0 Å². The summed E-state index contributed by atoms with van der Waals surface area (Å²) >= 11 is 9.22. The van der Waals surface area contributed by atoms with Crippen molar-refractivity contribution < 1.29 is 13.2 Å². The number of benzene rings is 2. The van der Waals surface area contributed by atoms with Crippen LogP contribution in [0.15, 0.2) is 51.8 Å². The standard InChI is InChI=1S/C13H10BrClN2O3S/c14-9-3-1-8(2-4-9)13(18)17-12-7-10(21(16,19)20)5-6-11(12)15/h1-7H,(H,17,18)(H2,16,19,20). The number of carbonyl (C=O) groups excluding carboxylic acids is 1. The average molecular weight is 390 g/mol. The summed E-state index contributed by atoms with van der Waals surface area (Å²) in [6.45, 7) is 0. The van der Waals surface area contributed by atoms with E-state index in [0.29, 0.717) is 5.56 Å². The molecular formula is C13H10BrClN2O3S. The van der Waals surface area contributed by atoms with Gasteiger partial charge in [-0.25, -0.2) is 13.6 Å². The Bertz CT molecular complexity index is 792. The van der Waals surface area contributed by atoms with Crippen molar-refractivity contribution >= 4 is 49.1 Å². The molecule has 0 unspecified atom stereocenters. The molecule has 110 valence electrons. The quantitative estimate of drug-likeness (QED) is 0.845. The van der Waals surface area contributed by atoms with Crippen LogP contribution in [0, 0.1) is 0 Å². The molecule has 0 saturated heterocycles. The molecule has 2 aromatic carbocycles. The molecule has 0 aliphatic heterocycles. The number of rotatable bonds is 3. The Balaban J connectivity index is 2.31. The Labute approximate surface area is 135 Å². The zero-order valence-corrected chi connectivity index (χ0v) is 13.7. The van der Waals surface area contributed by atoms with Crippen LogP contribution in [-0.2, 0) is 10.0 Å².